The van der Waals surface area contributed by atoms with E-state index >= 15 is 0 Å². The Hall–Kier alpha value is -1.51. The van der Waals surface area contributed by atoms with Gasteiger partial charge in [0.15, 0.2) is 23.3 Å². The maximum Gasteiger partial charge on any atom is 0.264 e. The van der Waals surface area contributed by atoms with Crippen LogP contribution in [0.4, 0.5) is 22.0 Å². The molecule has 0 atom stereocenters. The standard InChI is InChI=1S/C8BrF5N2O/c9-8-15-7(17-16-8)1-2(10)4(12)6(14)5(13)3(1)11. The van der Waals surface area contributed by atoms with Crippen molar-refractivity contribution < 1.29 is 26.5 Å². The number of aromatic nitrogens is 2. The van der Waals surface area contributed by atoms with Crippen molar-refractivity contribution in [2.45, 2.75) is 0 Å². The average molecular weight is 315 g/mol. The van der Waals surface area contributed by atoms with Gasteiger partial charge in [0.05, 0.1) is 0 Å². The molecule has 9 heteroatoms. The molecule has 0 bridgehead atoms. The molecule has 0 aliphatic rings. The highest BCUT2D eigenvalue weighted by atomic mass is 79.9. The summed E-state index contributed by atoms with van der Waals surface area (Å²) in [7, 11) is 0. The van der Waals surface area contributed by atoms with Crippen molar-refractivity contribution >= 4 is 15.9 Å². The summed E-state index contributed by atoms with van der Waals surface area (Å²) < 4.78 is 69.0. The van der Waals surface area contributed by atoms with Gasteiger partial charge in [0.1, 0.15) is 5.56 Å². The third-order valence-electron chi connectivity index (χ3n) is 1.82. The van der Waals surface area contributed by atoms with E-state index in [9.17, 15) is 22.0 Å². The van der Waals surface area contributed by atoms with Gasteiger partial charge < -0.3 is 4.52 Å². The summed E-state index contributed by atoms with van der Waals surface area (Å²) in [6, 6.07) is 0. The minimum Gasteiger partial charge on any atom is -0.333 e. The molecule has 1 heterocycles. The number of hydrogen-bond donors (Lipinski definition) is 0. The number of halogens is 6. The van der Waals surface area contributed by atoms with Crippen LogP contribution in [0.15, 0.2) is 9.26 Å². The number of nitrogens with zero attached hydrogens (tertiary/aromatic N) is 2. The van der Waals surface area contributed by atoms with Crippen LogP contribution in [0.1, 0.15) is 0 Å². The summed E-state index contributed by atoms with van der Waals surface area (Å²) >= 11 is 2.71. The van der Waals surface area contributed by atoms with E-state index in [1.54, 1.807) is 0 Å². The number of benzene rings is 1. The molecule has 0 spiro atoms. The molecule has 0 radical (unpaired) electrons. The Morgan fingerprint density at radius 2 is 1.29 bits per heavy atom. The van der Waals surface area contributed by atoms with Crippen LogP contribution < -0.4 is 0 Å². The molecule has 3 nitrogen and oxygen atoms in total. The Morgan fingerprint density at radius 3 is 1.71 bits per heavy atom. The van der Waals surface area contributed by atoms with Crippen molar-refractivity contribution in [1.29, 1.82) is 0 Å². The lowest BCUT2D eigenvalue weighted by molar-refractivity contribution is 0.372. The zero-order valence-corrected chi connectivity index (χ0v) is 9.16. The van der Waals surface area contributed by atoms with E-state index in [0.29, 0.717) is 0 Å². The summed E-state index contributed by atoms with van der Waals surface area (Å²) in [6.45, 7) is 0. The molecule has 17 heavy (non-hydrogen) atoms. The van der Waals surface area contributed by atoms with Crippen LogP contribution in [0.5, 0.6) is 0 Å². The second-order valence-electron chi connectivity index (χ2n) is 2.81. The van der Waals surface area contributed by atoms with E-state index in [2.05, 4.69) is 30.6 Å². The minimum atomic E-state index is -2.25. The van der Waals surface area contributed by atoms with Gasteiger partial charge in [-0.15, -0.1) is 0 Å². The second kappa shape index (κ2) is 4.06. The fourth-order valence-electron chi connectivity index (χ4n) is 1.10. The second-order valence-corrected chi connectivity index (χ2v) is 3.52. The first kappa shape index (κ1) is 12.0. The molecule has 1 aromatic carbocycles. The molecular weight excluding hydrogens is 315 g/mol. The molecule has 0 fully saturated rings. The molecule has 1 aromatic heterocycles. The van der Waals surface area contributed by atoms with E-state index in [1.807, 2.05) is 0 Å². The molecule has 0 aliphatic carbocycles. The van der Waals surface area contributed by atoms with Crippen molar-refractivity contribution in [2.24, 2.45) is 0 Å². The molecular formula is C8BrF5N2O. The molecule has 90 valence electrons. The average Bonchev–Trinajstić information content (AvgIpc) is 2.71. The first-order chi connectivity index (χ1) is 7.93. The quantitative estimate of drug-likeness (QED) is 0.461. The Labute approximate surface area is 98.4 Å². The van der Waals surface area contributed by atoms with Crippen molar-refractivity contribution in [3.05, 3.63) is 33.8 Å². The summed E-state index contributed by atoms with van der Waals surface area (Å²) in [4.78, 5) is 3.32. The first-order valence-corrected chi connectivity index (χ1v) is 4.73. The lowest BCUT2D eigenvalue weighted by Crippen LogP contribution is -2.04. The van der Waals surface area contributed by atoms with Crippen molar-refractivity contribution in [2.75, 3.05) is 0 Å². The molecule has 2 rings (SSSR count). The molecule has 0 saturated heterocycles. The van der Waals surface area contributed by atoms with Crippen LogP contribution in [0.25, 0.3) is 11.5 Å². The highest BCUT2D eigenvalue weighted by Crippen LogP contribution is 2.30. The first-order valence-electron chi connectivity index (χ1n) is 3.94. The van der Waals surface area contributed by atoms with E-state index < -0.39 is 40.5 Å². The lowest BCUT2D eigenvalue weighted by Gasteiger charge is -2.03. The molecule has 0 amide bonds. The molecule has 2 aromatic rings. The van der Waals surface area contributed by atoms with Crippen LogP contribution in [0, 0.1) is 29.1 Å². The van der Waals surface area contributed by atoms with Crippen molar-refractivity contribution in [1.82, 2.24) is 10.1 Å². The van der Waals surface area contributed by atoms with E-state index in [4.69, 9.17) is 0 Å². The van der Waals surface area contributed by atoms with Gasteiger partial charge in [-0.2, -0.15) is 4.98 Å². The highest BCUT2D eigenvalue weighted by Gasteiger charge is 2.29. The zero-order chi connectivity index (χ0) is 12.7. The Bertz CT molecular complexity index is 571. The summed E-state index contributed by atoms with van der Waals surface area (Å²) in [5.74, 6) is -11.3. The lowest BCUT2D eigenvalue weighted by atomic mass is 10.1. The third-order valence-corrected chi connectivity index (χ3v) is 2.15. The zero-order valence-electron chi connectivity index (χ0n) is 7.57. The van der Waals surface area contributed by atoms with Crippen LogP contribution in [-0.2, 0) is 0 Å². The van der Waals surface area contributed by atoms with Gasteiger partial charge in [-0.05, 0) is 21.1 Å². The Kier molecular flexibility index (Phi) is 2.86. The Morgan fingerprint density at radius 1 is 0.824 bits per heavy atom. The van der Waals surface area contributed by atoms with E-state index in [0.717, 1.165) is 0 Å². The van der Waals surface area contributed by atoms with Crippen LogP contribution in [0.2, 0.25) is 0 Å². The third kappa shape index (κ3) is 1.79. The fourth-order valence-corrected chi connectivity index (χ4v) is 1.33. The van der Waals surface area contributed by atoms with Crippen molar-refractivity contribution in [3.8, 4) is 11.5 Å². The molecule has 0 unspecified atom stereocenters. The Balaban J connectivity index is 2.78. The van der Waals surface area contributed by atoms with Gasteiger partial charge >= 0.3 is 0 Å². The predicted octanol–water partition coefficient (Wildman–Crippen LogP) is 3.19. The largest absolute Gasteiger partial charge is 0.333 e. The fraction of sp³-hybridized carbons (Fsp3) is 0. The van der Waals surface area contributed by atoms with Gasteiger partial charge in [-0.25, -0.2) is 22.0 Å². The van der Waals surface area contributed by atoms with E-state index in [1.165, 1.54) is 0 Å². The van der Waals surface area contributed by atoms with E-state index in [-0.39, 0.29) is 4.73 Å². The number of rotatable bonds is 1. The SMILES string of the molecule is Fc1c(F)c(F)c(-c2nc(Br)no2)c(F)c1F. The maximum absolute atomic E-state index is 13.2. The van der Waals surface area contributed by atoms with Gasteiger partial charge in [0.2, 0.25) is 10.6 Å². The summed E-state index contributed by atoms with van der Waals surface area (Å²) in [5.41, 5.74) is -1.26. The predicted molar refractivity (Wildman–Crippen MR) is 47.2 cm³/mol. The number of hydrogen-bond acceptors (Lipinski definition) is 3. The normalized spacial score (nSPS) is 10.9. The highest BCUT2D eigenvalue weighted by molar-refractivity contribution is 9.10. The van der Waals surface area contributed by atoms with Crippen molar-refractivity contribution in [3.63, 3.8) is 0 Å². The summed E-state index contributed by atoms with van der Waals surface area (Å²) in [5, 5.41) is 3.12. The van der Waals surface area contributed by atoms with Crippen LogP contribution in [-0.4, -0.2) is 10.1 Å². The summed E-state index contributed by atoms with van der Waals surface area (Å²) in [6.07, 6.45) is 0. The maximum atomic E-state index is 13.2. The van der Waals surface area contributed by atoms with Gasteiger partial charge in [-0.1, -0.05) is 0 Å². The smallest absolute Gasteiger partial charge is 0.264 e. The molecule has 0 aliphatic heterocycles. The molecule has 0 saturated carbocycles. The molecule has 0 N–H and O–H groups in total. The van der Waals surface area contributed by atoms with Gasteiger partial charge in [-0.3, -0.25) is 0 Å². The minimum absolute atomic E-state index is 0.184. The van der Waals surface area contributed by atoms with Crippen LogP contribution in [0.3, 0.4) is 0 Å². The van der Waals surface area contributed by atoms with Gasteiger partial charge in [0.25, 0.3) is 5.89 Å². The monoisotopic (exact) mass is 314 g/mol. The van der Waals surface area contributed by atoms with Crippen LogP contribution >= 0.6 is 15.9 Å². The van der Waals surface area contributed by atoms with Gasteiger partial charge in [0, 0.05) is 0 Å². The topological polar surface area (TPSA) is 38.9 Å².